The van der Waals surface area contributed by atoms with E-state index in [-0.39, 0.29) is 6.42 Å². The van der Waals surface area contributed by atoms with Crippen LogP contribution >= 0.6 is 11.8 Å². The summed E-state index contributed by atoms with van der Waals surface area (Å²) in [5.41, 5.74) is 1.25. The number of fused-ring (bicyclic) bond motifs is 1. The van der Waals surface area contributed by atoms with E-state index in [1.54, 1.807) is 11.8 Å². The molecule has 0 radical (unpaired) electrons. The molecule has 0 saturated carbocycles. The van der Waals surface area contributed by atoms with Crippen LogP contribution in [-0.4, -0.2) is 29.2 Å². The van der Waals surface area contributed by atoms with Gasteiger partial charge in [-0.1, -0.05) is 18.2 Å². The van der Waals surface area contributed by atoms with Crippen LogP contribution in [0.25, 0.3) is 0 Å². The number of hydrogen-bond donors (Lipinski definition) is 1. The number of aliphatic carboxylic acids is 1. The molecule has 3 nitrogen and oxygen atoms in total. The Bertz CT molecular complexity index is 378. The van der Waals surface area contributed by atoms with E-state index in [0.29, 0.717) is 11.7 Å². The summed E-state index contributed by atoms with van der Waals surface area (Å²) in [5.74, 6) is 2.27. The fraction of sp³-hybridized carbons (Fsp3) is 0.417. The number of carbonyl (C=O) groups is 1. The lowest BCUT2D eigenvalue weighted by Gasteiger charge is -2.07. The van der Waals surface area contributed by atoms with Gasteiger partial charge < -0.3 is 9.84 Å². The zero-order valence-electron chi connectivity index (χ0n) is 8.89. The van der Waals surface area contributed by atoms with Crippen molar-refractivity contribution in [1.29, 1.82) is 0 Å². The summed E-state index contributed by atoms with van der Waals surface area (Å²) in [5, 5.41) is 8.53. The highest BCUT2D eigenvalue weighted by Crippen LogP contribution is 2.35. The summed E-state index contributed by atoms with van der Waals surface area (Å²) in [6.45, 7) is 0.722. The molecule has 1 aliphatic rings. The van der Waals surface area contributed by atoms with E-state index in [4.69, 9.17) is 9.84 Å². The summed E-state index contributed by atoms with van der Waals surface area (Å²) < 4.78 is 5.56. The second-order valence-corrected chi connectivity index (χ2v) is 4.91. The third-order valence-electron chi connectivity index (χ3n) is 2.58. The predicted molar refractivity (Wildman–Crippen MR) is 64.3 cm³/mol. The van der Waals surface area contributed by atoms with Crippen LogP contribution in [0, 0.1) is 0 Å². The third kappa shape index (κ3) is 2.70. The first-order valence-electron chi connectivity index (χ1n) is 5.28. The van der Waals surface area contributed by atoms with Crippen LogP contribution in [0.3, 0.4) is 0 Å². The zero-order valence-corrected chi connectivity index (χ0v) is 9.70. The molecule has 1 N–H and O–H groups in total. The molecular formula is C12H14O3S. The molecule has 0 amide bonds. The van der Waals surface area contributed by atoms with Gasteiger partial charge in [-0.05, 0) is 6.07 Å². The first-order valence-corrected chi connectivity index (χ1v) is 6.44. The Labute approximate surface area is 98.8 Å². The van der Waals surface area contributed by atoms with E-state index >= 15 is 0 Å². The standard InChI is InChI=1S/C12H14O3S/c13-12(14)5-6-16-8-9-7-15-11-4-2-1-3-10(9)11/h1-4,9H,5-8H2,(H,13,14). The number of ether oxygens (including phenoxy) is 1. The van der Waals surface area contributed by atoms with Gasteiger partial charge in [0, 0.05) is 23.0 Å². The molecule has 4 heteroatoms. The Kier molecular flexibility index (Phi) is 3.72. The van der Waals surface area contributed by atoms with Gasteiger partial charge in [0.2, 0.25) is 0 Å². The molecule has 86 valence electrons. The van der Waals surface area contributed by atoms with Crippen molar-refractivity contribution in [3.63, 3.8) is 0 Å². The normalized spacial score (nSPS) is 17.9. The molecule has 1 aliphatic heterocycles. The lowest BCUT2D eigenvalue weighted by atomic mass is 10.0. The lowest BCUT2D eigenvalue weighted by Crippen LogP contribution is -2.05. The molecule has 0 bridgehead atoms. The molecule has 1 aromatic carbocycles. The molecule has 1 unspecified atom stereocenters. The van der Waals surface area contributed by atoms with Gasteiger partial charge in [-0.2, -0.15) is 11.8 Å². The smallest absolute Gasteiger partial charge is 0.304 e. The zero-order chi connectivity index (χ0) is 11.4. The highest BCUT2D eigenvalue weighted by Gasteiger charge is 2.23. The van der Waals surface area contributed by atoms with Crippen LogP contribution in [0.15, 0.2) is 24.3 Å². The highest BCUT2D eigenvalue weighted by molar-refractivity contribution is 7.99. The minimum atomic E-state index is -0.726. The van der Waals surface area contributed by atoms with Gasteiger partial charge in [-0.15, -0.1) is 0 Å². The fourth-order valence-electron chi connectivity index (χ4n) is 1.75. The van der Waals surface area contributed by atoms with Gasteiger partial charge in [-0.3, -0.25) is 4.79 Å². The molecule has 16 heavy (non-hydrogen) atoms. The number of para-hydroxylation sites is 1. The summed E-state index contributed by atoms with van der Waals surface area (Å²) in [7, 11) is 0. The van der Waals surface area contributed by atoms with Crippen molar-refractivity contribution in [3.8, 4) is 5.75 Å². The molecule has 0 aliphatic carbocycles. The number of thioether (sulfide) groups is 1. The summed E-state index contributed by atoms with van der Waals surface area (Å²) in [6, 6.07) is 8.06. The molecule has 0 fully saturated rings. The molecule has 0 aromatic heterocycles. The van der Waals surface area contributed by atoms with E-state index in [9.17, 15) is 4.79 Å². The van der Waals surface area contributed by atoms with E-state index < -0.39 is 5.97 Å². The Morgan fingerprint density at radius 1 is 1.50 bits per heavy atom. The Morgan fingerprint density at radius 3 is 3.12 bits per heavy atom. The van der Waals surface area contributed by atoms with Crippen LogP contribution in [0.4, 0.5) is 0 Å². The molecule has 2 rings (SSSR count). The largest absolute Gasteiger partial charge is 0.493 e. The number of carboxylic acid groups (broad SMARTS) is 1. The maximum Gasteiger partial charge on any atom is 0.304 e. The Morgan fingerprint density at radius 2 is 2.31 bits per heavy atom. The predicted octanol–water partition coefficient (Wildman–Crippen LogP) is 2.37. The first-order chi connectivity index (χ1) is 7.77. The second kappa shape index (κ2) is 5.25. The van der Waals surface area contributed by atoms with Crippen molar-refractivity contribution in [2.75, 3.05) is 18.1 Å². The topological polar surface area (TPSA) is 46.5 Å². The minimum Gasteiger partial charge on any atom is -0.493 e. The lowest BCUT2D eigenvalue weighted by molar-refractivity contribution is -0.136. The average molecular weight is 238 g/mol. The van der Waals surface area contributed by atoms with E-state index in [1.807, 2.05) is 18.2 Å². The molecular weight excluding hydrogens is 224 g/mol. The number of benzene rings is 1. The Hall–Kier alpha value is -1.16. The molecule has 1 aromatic rings. The van der Waals surface area contributed by atoms with Gasteiger partial charge in [0.1, 0.15) is 5.75 Å². The number of hydrogen-bond acceptors (Lipinski definition) is 3. The second-order valence-electron chi connectivity index (χ2n) is 3.76. The fourth-order valence-corrected chi connectivity index (χ4v) is 2.80. The maximum atomic E-state index is 10.4. The van der Waals surface area contributed by atoms with Crippen LogP contribution in [0.5, 0.6) is 5.75 Å². The average Bonchev–Trinajstić information content (AvgIpc) is 2.68. The SMILES string of the molecule is O=C(O)CCSCC1COc2ccccc21. The van der Waals surface area contributed by atoms with Gasteiger partial charge in [0.15, 0.2) is 0 Å². The first kappa shape index (κ1) is 11.3. The Balaban J connectivity index is 1.82. The number of carboxylic acids is 1. The van der Waals surface area contributed by atoms with Crippen molar-refractivity contribution in [1.82, 2.24) is 0 Å². The minimum absolute atomic E-state index is 0.236. The van der Waals surface area contributed by atoms with Crippen molar-refractivity contribution >= 4 is 17.7 Å². The van der Waals surface area contributed by atoms with E-state index in [1.165, 1.54) is 5.56 Å². The molecule has 0 spiro atoms. The summed E-state index contributed by atoms with van der Waals surface area (Å²) in [4.78, 5) is 10.4. The quantitative estimate of drug-likeness (QED) is 0.800. The molecule has 0 saturated heterocycles. The molecule has 1 atom stereocenters. The van der Waals surface area contributed by atoms with E-state index in [0.717, 1.165) is 18.1 Å². The third-order valence-corrected chi connectivity index (χ3v) is 3.71. The van der Waals surface area contributed by atoms with Crippen molar-refractivity contribution < 1.29 is 14.6 Å². The van der Waals surface area contributed by atoms with Gasteiger partial charge in [-0.25, -0.2) is 0 Å². The van der Waals surface area contributed by atoms with E-state index in [2.05, 4.69) is 6.07 Å². The monoisotopic (exact) mass is 238 g/mol. The van der Waals surface area contributed by atoms with Crippen molar-refractivity contribution in [3.05, 3.63) is 29.8 Å². The summed E-state index contributed by atoms with van der Waals surface area (Å²) >= 11 is 1.68. The van der Waals surface area contributed by atoms with Gasteiger partial charge in [0.05, 0.1) is 13.0 Å². The number of rotatable bonds is 5. The van der Waals surface area contributed by atoms with Crippen LogP contribution in [-0.2, 0) is 4.79 Å². The summed E-state index contributed by atoms with van der Waals surface area (Å²) in [6.07, 6.45) is 0.236. The van der Waals surface area contributed by atoms with Crippen LogP contribution in [0.1, 0.15) is 17.9 Å². The highest BCUT2D eigenvalue weighted by atomic mass is 32.2. The van der Waals surface area contributed by atoms with Gasteiger partial charge >= 0.3 is 5.97 Å². The van der Waals surface area contributed by atoms with Crippen molar-refractivity contribution in [2.24, 2.45) is 0 Å². The van der Waals surface area contributed by atoms with Crippen LogP contribution in [0.2, 0.25) is 0 Å². The van der Waals surface area contributed by atoms with Crippen LogP contribution < -0.4 is 4.74 Å². The maximum absolute atomic E-state index is 10.4. The van der Waals surface area contributed by atoms with Crippen molar-refractivity contribution in [2.45, 2.75) is 12.3 Å². The van der Waals surface area contributed by atoms with Gasteiger partial charge in [0.25, 0.3) is 0 Å². The molecule has 1 heterocycles.